The first-order valence-corrected chi connectivity index (χ1v) is 11.4. The maximum absolute atomic E-state index is 4.19. The van der Waals surface area contributed by atoms with E-state index in [4.69, 9.17) is 0 Å². The van der Waals surface area contributed by atoms with Crippen LogP contribution in [0.3, 0.4) is 0 Å². The van der Waals surface area contributed by atoms with Gasteiger partial charge in [-0.3, -0.25) is 29.9 Å². The molecule has 0 saturated carbocycles. The largest absolute Gasteiger partial charge is 0.255 e. The van der Waals surface area contributed by atoms with Gasteiger partial charge in [-0.15, -0.1) is 0 Å². The van der Waals surface area contributed by atoms with Gasteiger partial charge in [0.05, 0.1) is 34.2 Å². The molecule has 0 atom stereocenters. The molecular formula is C30H24N6Na. The molecule has 0 fully saturated rings. The summed E-state index contributed by atoms with van der Waals surface area (Å²) >= 11 is 0. The van der Waals surface area contributed by atoms with Crippen LogP contribution in [-0.4, -0.2) is 59.5 Å². The van der Waals surface area contributed by atoms with Crippen molar-refractivity contribution >= 4 is 29.6 Å². The van der Waals surface area contributed by atoms with Crippen molar-refractivity contribution < 1.29 is 0 Å². The molecule has 175 valence electrons. The Morgan fingerprint density at radius 3 is 0.514 bits per heavy atom. The molecule has 0 unspecified atom stereocenters. The zero-order chi connectivity index (χ0) is 24.7. The fourth-order valence-electron chi connectivity index (χ4n) is 3.09. The number of aromatic nitrogens is 6. The molecule has 7 heteroatoms. The Morgan fingerprint density at radius 1 is 0.243 bits per heavy atom. The van der Waals surface area contributed by atoms with E-state index in [0.29, 0.717) is 0 Å². The fraction of sp³-hybridized carbons (Fsp3) is 0. The van der Waals surface area contributed by atoms with E-state index < -0.39 is 0 Å². The predicted octanol–water partition coefficient (Wildman–Crippen LogP) is 6.05. The summed E-state index contributed by atoms with van der Waals surface area (Å²) in [5, 5.41) is 0. The third kappa shape index (κ3) is 9.13. The molecule has 6 nitrogen and oxygen atoms in total. The van der Waals surface area contributed by atoms with Gasteiger partial charge < -0.3 is 0 Å². The Morgan fingerprint density at radius 2 is 0.405 bits per heavy atom. The summed E-state index contributed by atoms with van der Waals surface area (Å²) in [6.45, 7) is 0. The standard InChI is InChI=1S/3C10H8N2.Na/c3*1-3-7-11-9(5-1)10-6-2-4-8-12-10;/h3*1-8H;. The van der Waals surface area contributed by atoms with E-state index in [9.17, 15) is 0 Å². The zero-order valence-electron chi connectivity index (χ0n) is 20.5. The van der Waals surface area contributed by atoms with E-state index in [0.717, 1.165) is 34.2 Å². The monoisotopic (exact) mass is 491 g/mol. The van der Waals surface area contributed by atoms with Crippen molar-refractivity contribution in [3.05, 3.63) is 146 Å². The number of pyridine rings is 6. The van der Waals surface area contributed by atoms with Gasteiger partial charge in [-0.05, 0) is 72.8 Å². The molecule has 0 amide bonds. The first kappa shape index (κ1) is 27.5. The van der Waals surface area contributed by atoms with E-state index in [1.165, 1.54) is 0 Å². The second-order valence-electron chi connectivity index (χ2n) is 7.29. The second kappa shape index (κ2) is 15.8. The summed E-state index contributed by atoms with van der Waals surface area (Å²) in [6, 6.07) is 34.8. The second-order valence-corrected chi connectivity index (χ2v) is 7.29. The maximum atomic E-state index is 4.19. The van der Waals surface area contributed by atoms with Gasteiger partial charge in [0, 0.05) is 66.7 Å². The smallest absolute Gasteiger partial charge is 0.0886 e. The molecule has 6 aromatic heterocycles. The van der Waals surface area contributed by atoms with Gasteiger partial charge in [-0.2, -0.15) is 0 Å². The van der Waals surface area contributed by atoms with Gasteiger partial charge in [0.1, 0.15) is 0 Å². The van der Waals surface area contributed by atoms with Crippen molar-refractivity contribution in [1.82, 2.24) is 29.9 Å². The number of hydrogen-bond donors (Lipinski definition) is 0. The Balaban J connectivity index is 0.000000152. The Hall–Kier alpha value is -4.10. The van der Waals surface area contributed by atoms with E-state index in [1.807, 2.05) is 109 Å². The van der Waals surface area contributed by atoms with Crippen LogP contribution in [0.25, 0.3) is 34.2 Å². The van der Waals surface area contributed by atoms with E-state index >= 15 is 0 Å². The average Bonchev–Trinajstić information content (AvgIpc) is 3.01. The molecule has 0 N–H and O–H groups in total. The van der Waals surface area contributed by atoms with Crippen LogP contribution >= 0.6 is 0 Å². The van der Waals surface area contributed by atoms with Crippen molar-refractivity contribution in [3.8, 4) is 34.2 Å². The Labute approximate surface area is 238 Å². The minimum absolute atomic E-state index is 0. The van der Waals surface area contributed by atoms with Gasteiger partial charge in [-0.1, -0.05) is 36.4 Å². The predicted molar refractivity (Wildman–Crippen MR) is 148 cm³/mol. The molecular weight excluding hydrogens is 467 g/mol. The zero-order valence-corrected chi connectivity index (χ0v) is 22.5. The van der Waals surface area contributed by atoms with Crippen molar-refractivity contribution in [3.63, 3.8) is 0 Å². The van der Waals surface area contributed by atoms with Gasteiger partial charge >= 0.3 is 0 Å². The molecule has 6 aromatic rings. The summed E-state index contributed by atoms with van der Waals surface area (Å²) in [5.74, 6) is 0. The molecule has 0 bridgehead atoms. The van der Waals surface area contributed by atoms with Gasteiger partial charge in [0.15, 0.2) is 0 Å². The van der Waals surface area contributed by atoms with Gasteiger partial charge in [0.25, 0.3) is 0 Å². The van der Waals surface area contributed by atoms with Gasteiger partial charge in [0.2, 0.25) is 0 Å². The normalized spacial score (nSPS) is 9.41. The molecule has 0 aliphatic heterocycles. The van der Waals surface area contributed by atoms with Crippen LogP contribution in [0, 0.1) is 0 Å². The summed E-state index contributed by atoms with van der Waals surface area (Å²) in [6.07, 6.45) is 10.6. The third-order valence-corrected chi connectivity index (χ3v) is 4.78. The van der Waals surface area contributed by atoms with Crippen molar-refractivity contribution in [2.75, 3.05) is 0 Å². The summed E-state index contributed by atoms with van der Waals surface area (Å²) < 4.78 is 0. The topological polar surface area (TPSA) is 77.3 Å². The van der Waals surface area contributed by atoms with E-state index in [2.05, 4.69) is 29.9 Å². The average molecular weight is 492 g/mol. The van der Waals surface area contributed by atoms with Crippen LogP contribution in [0.1, 0.15) is 0 Å². The van der Waals surface area contributed by atoms with Crippen molar-refractivity contribution in [1.29, 1.82) is 0 Å². The van der Waals surface area contributed by atoms with E-state index in [1.54, 1.807) is 37.2 Å². The van der Waals surface area contributed by atoms with Crippen LogP contribution in [0.4, 0.5) is 0 Å². The SMILES string of the molecule is [Na].c1ccc(-c2ccccn2)nc1.c1ccc(-c2ccccn2)nc1.c1ccc(-c2ccccn2)nc1. The molecule has 0 saturated heterocycles. The fourth-order valence-corrected chi connectivity index (χ4v) is 3.09. The van der Waals surface area contributed by atoms with Crippen LogP contribution in [-0.2, 0) is 0 Å². The van der Waals surface area contributed by atoms with Crippen LogP contribution in [0.15, 0.2) is 146 Å². The maximum Gasteiger partial charge on any atom is 0.0886 e. The van der Waals surface area contributed by atoms with Gasteiger partial charge in [-0.25, -0.2) is 0 Å². The number of rotatable bonds is 3. The van der Waals surface area contributed by atoms with Crippen molar-refractivity contribution in [2.45, 2.75) is 0 Å². The summed E-state index contributed by atoms with van der Waals surface area (Å²) in [5.41, 5.74) is 5.49. The molecule has 6 heterocycles. The number of hydrogen-bond acceptors (Lipinski definition) is 6. The summed E-state index contributed by atoms with van der Waals surface area (Å²) in [7, 11) is 0. The molecule has 1 radical (unpaired) electrons. The summed E-state index contributed by atoms with van der Waals surface area (Å²) in [4.78, 5) is 25.1. The van der Waals surface area contributed by atoms with Crippen LogP contribution in [0.2, 0.25) is 0 Å². The van der Waals surface area contributed by atoms with E-state index in [-0.39, 0.29) is 29.6 Å². The Kier molecular flexibility index (Phi) is 11.7. The minimum atomic E-state index is 0. The first-order chi connectivity index (χ1) is 17.9. The molecule has 0 spiro atoms. The molecule has 0 aliphatic rings. The molecule has 37 heavy (non-hydrogen) atoms. The van der Waals surface area contributed by atoms with Crippen LogP contribution < -0.4 is 0 Å². The van der Waals surface area contributed by atoms with Crippen LogP contribution in [0.5, 0.6) is 0 Å². The minimum Gasteiger partial charge on any atom is -0.255 e. The Bertz CT molecular complexity index is 1100. The van der Waals surface area contributed by atoms with Crippen molar-refractivity contribution in [2.24, 2.45) is 0 Å². The molecule has 0 aromatic carbocycles. The molecule has 0 aliphatic carbocycles. The first-order valence-electron chi connectivity index (χ1n) is 11.4. The quantitative estimate of drug-likeness (QED) is 0.281. The third-order valence-electron chi connectivity index (χ3n) is 4.78. The number of nitrogens with zero attached hydrogens (tertiary/aromatic N) is 6. The molecule has 6 rings (SSSR count).